The Morgan fingerprint density at radius 1 is 1.24 bits per heavy atom. The first-order chi connectivity index (χ1) is 7.69. The molecule has 0 spiro atoms. The fourth-order valence-electron chi connectivity index (χ4n) is 1.83. The summed E-state index contributed by atoms with van der Waals surface area (Å²) in [6.45, 7) is 11.1. The molecule has 2 nitrogen and oxygen atoms in total. The van der Waals surface area contributed by atoms with E-state index in [0.29, 0.717) is 6.61 Å². The lowest BCUT2D eigenvalue weighted by molar-refractivity contribution is -0.180. The van der Waals surface area contributed by atoms with Crippen LogP contribution in [0, 0.1) is 0 Å². The van der Waals surface area contributed by atoms with E-state index in [4.69, 9.17) is 9.47 Å². The molecule has 0 saturated heterocycles. The number of benzene rings is 1. The minimum atomic E-state index is -0.543. The van der Waals surface area contributed by atoms with Gasteiger partial charge in [-0.15, -0.1) is 0 Å². The summed E-state index contributed by atoms with van der Waals surface area (Å²) in [5.41, 5.74) is 2.53. The molecule has 0 saturated carbocycles. The second-order valence-corrected chi connectivity index (χ2v) is 6.84. The van der Waals surface area contributed by atoms with E-state index in [0.717, 1.165) is 15.8 Å². The summed E-state index contributed by atoms with van der Waals surface area (Å²) < 4.78 is 12.5. The largest absolute Gasteiger partial charge is 0.461 e. The Morgan fingerprint density at radius 3 is 2.47 bits per heavy atom. The van der Waals surface area contributed by atoms with Crippen LogP contribution in [0.4, 0.5) is 0 Å². The fourth-order valence-corrected chi connectivity index (χ4v) is 2.41. The van der Waals surface area contributed by atoms with Gasteiger partial charge in [-0.1, -0.05) is 20.8 Å². The van der Waals surface area contributed by atoms with Crippen molar-refractivity contribution in [2.45, 2.75) is 52.4 Å². The summed E-state index contributed by atoms with van der Waals surface area (Å²) in [5.74, 6) is 0.368. The van der Waals surface area contributed by atoms with Crippen LogP contribution in [0.5, 0.6) is 5.75 Å². The zero-order valence-corrected chi connectivity index (χ0v) is 12.6. The van der Waals surface area contributed by atoms with E-state index in [-0.39, 0.29) is 5.41 Å². The Morgan fingerprint density at radius 2 is 1.88 bits per heavy atom. The molecule has 0 unspecified atom stereocenters. The van der Waals surface area contributed by atoms with Crippen molar-refractivity contribution in [2.24, 2.45) is 0 Å². The highest BCUT2D eigenvalue weighted by Gasteiger charge is 2.30. The number of hydrogen-bond acceptors (Lipinski definition) is 2. The lowest BCUT2D eigenvalue weighted by Gasteiger charge is -2.34. The molecule has 1 aromatic carbocycles. The molecule has 0 atom stereocenters. The Kier molecular flexibility index (Phi) is 3.03. The average molecular weight is 299 g/mol. The molecule has 0 aliphatic carbocycles. The smallest absolute Gasteiger partial charge is 0.205 e. The standard InChI is InChI=1S/C14H19BrO2/c1-13(2,3)10-6-9-8-16-14(4,5)17-12(9)11(15)7-10/h6-7H,8H2,1-5H3. The monoisotopic (exact) mass is 298 g/mol. The lowest BCUT2D eigenvalue weighted by atomic mass is 9.86. The van der Waals surface area contributed by atoms with Gasteiger partial charge in [0, 0.05) is 19.4 Å². The molecule has 0 amide bonds. The molecule has 0 N–H and O–H groups in total. The van der Waals surface area contributed by atoms with Crippen molar-refractivity contribution in [3.05, 3.63) is 27.7 Å². The van der Waals surface area contributed by atoms with Gasteiger partial charge in [0.25, 0.3) is 0 Å². The van der Waals surface area contributed by atoms with Crippen molar-refractivity contribution < 1.29 is 9.47 Å². The molecule has 17 heavy (non-hydrogen) atoms. The van der Waals surface area contributed by atoms with Crippen LogP contribution in [0.15, 0.2) is 16.6 Å². The predicted molar refractivity (Wildman–Crippen MR) is 72.3 cm³/mol. The van der Waals surface area contributed by atoms with Crippen LogP contribution in [-0.2, 0) is 16.8 Å². The maximum atomic E-state index is 5.85. The minimum absolute atomic E-state index is 0.129. The van der Waals surface area contributed by atoms with Gasteiger partial charge in [0.15, 0.2) is 0 Å². The SMILES string of the molecule is CC1(C)OCc2cc(C(C)(C)C)cc(Br)c2O1. The maximum Gasteiger partial charge on any atom is 0.205 e. The highest BCUT2D eigenvalue weighted by molar-refractivity contribution is 9.10. The van der Waals surface area contributed by atoms with Crippen LogP contribution in [0.25, 0.3) is 0 Å². The van der Waals surface area contributed by atoms with Gasteiger partial charge in [0.05, 0.1) is 11.1 Å². The van der Waals surface area contributed by atoms with Gasteiger partial charge in [0.2, 0.25) is 5.79 Å². The van der Waals surface area contributed by atoms with E-state index in [1.54, 1.807) is 0 Å². The van der Waals surface area contributed by atoms with Crippen LogP contribution in [0.1, 0.15) is 45.7 Å². The molecule has 94 valence electrons. The van der Waals surface area contributed by atoms with Crippen LogP contribution < -0.4 is 4.74 Å². The van der Waals surface area contributed by atoms with Crippen LogP contribution in [0.2, 0.25) is 0 Å². The topological polar surface area (TPSA) is 18.5 Å². The number of hydrogen-bond donors (Lipinski definition) is 0. The Hall–Kier alpha value is -0.540. The van der Waals surface area contributed by atoms with E-state index in [2.05, 4.69) is 48.8 Å². The van der Waals surface area contributed by atoms with E-state index in [1.165, 1.54) is 5.56 Å². The number of rotatable bonds is 0. The number of fused-ring (bicyclic) bond motifs is 1. The van der Waals surface area contributed by atoms with E-state index >= 15 is 0 Å². The van der Waals surface area contributed by atoms with Gasteiger partial charge >= 0.3 is 0 Å². The van der Waals surface area contributed by atoms with Gasteiger partial charge in [-0.2, -0.15) is 0 Å². The summed E-state index contributed by atoms with van der Waals surface area (Å²) in [5, 5.41) is 0. The minimum Gasteiger partial charge on any atom is -0.461 e. The molecule has 1 aliphatic heterocycles. The Bertz CT molecular complexity index is 444. The molecule has 3 heteroatoms. The first kappa shape index (κ1) is 12.9. The van der Waals surface area contributed by atoms with Crippen LogP contribution in [-0.4, -0.2) is 5.79 Å². The normalized spacial score (nSPS) is 18.5. The molecule has 0 fully saturated rings. The van der Waals surface area contributed by atoms with Crippen molar-refractivity contribution in [1.82, 2.24) is 0 Å². The van der Waals surface area contributed by atoms with Crippen LogP contribution >= 0.6 is 15.9 Å². The second-order valence-electron chi connectivity index (χ2n) is 5.99. The van der Waals surface area contributed by atoms with Crippen molar-refractivity contribution in [3.8, 4) is 5.75 Å². The van der Waals surface area contributed by atoms with E-state index in [9.17, 15) is 0 Å². The second kappa shape index (κ2) is 3.99. The quantitative estimate of drug-likeness (QED) is 0.707. The molecular weight excluding hydrogens is 280 g/mol. The first-order valence-corrected chi connectivity index (χ1v) is 6.64. The summed E-state index contributed by atoms with van der Waals surface area (Å²) in [7, 11) is 0. The molecule has 0 radical (unpaired) electrons. The van der Waals surface area contributed by atoms with Crippen LogP contribution in [0.3, 0.4) is 0 Å². The summed E-state index contributed by atoms with van der Waals surface area (Å²) in [4.78, 5) is 0. The zero-order valence-electron chi connectivity index (χ0n) is 11.1. The average Bonchev–Trinajstić information content (AvgIpc) is 2.16. The van der Waals surface area contributed by atoms with Gasteiger partial charge in [-0.3, -0.25) is 0 Å². The van der Waals surface area contributed by atoms with Gasteiger partial charge in [0.1, 0.15) is 5.75 Å². The van der Waals surface area contributed by atoms with Crippen molar-refractivity contribution in [3.63, 3.8) is 0 Å². The van der Waals surface area contributed by atoms with Crippen molar-refractivity contribution in [2.75, 3.05) is 0 Å². The molecule has 1 heterocycles. The number of halogens is 1. The van der Waals surface area contributed by atoms with E-state index in [1.807, 2.05) is 13.8 Å². The molecule has 0 bridgehead atoms. The third-order valence-electron chi connectivity index (χ3n) is 2.91. The predicted octanol–water partition coefficient (Wildman–Crippen LogP) is 4.39. The summed E-state index contributed by atoms with van der Waals surface area (Å²) >= 11 is 3.60. The number of ether oxygens (including phenoxy) is 2. The van der Waals surface area contributed by atoms with Crippen molar-refractivity contribution >= 4 is 15.9 Å². The third kappa shape index (κ3) is 2.66. The molecular formula is C14H19BrO2. The third-order valence-corrected chi connectivity index (χ3v) is 3.50. The maximum absolute atomic E-state index is 5.85. The zero-order chi connectivity index (χ0) is 12.8. The van der Waals surface area contributed by atoms with Gasteiger partial charge in [-0.25, -0.2) is 0 Å². The highest BCUT2D eigenvalue weighted by Crippen LogP contribution is 2.40. The van der Waals surface area contributed by atoms with E-state index < -0.39 is 5.79 Å². The first-order valence-electron chi connectivity index (χ1n) is 5.85. The van der Waals surface area contributed by atoms with Gasteiger partial charge < -0.3 is 9.47 Å². The van der Waals surface area contributed by atoms with Gasteiger partial charge in [-0.05, 0) is 39.0 Å². The highest BCUT2D eigenvalue weighted by atomic mass is 79.9. The molecule has 1 aliphatic rings. The van der Waals surface area contributed by atoms with Crippen molar-refractivity contribution in [1.29, 1.82) is 0 Å². The fraction of sp³-hybridized carbons (Fsp3) is 0.571. The molecule has 1 aromatic rings. The lowest BCUT2D eigenvalue weighted by Crippen LogP contribution is -2.35. The Labute approximate surface area is 111 Å². The summed E-state index contributed by atoms with van der Waals surface area (Å²) in [6.07, 6.45) is 0. The molecule has 0 aromatic heterocycles. The molecule has 2 rings (SSSR count). The Balaban J connectivity index is 2.47. The summed E-state index contributed by atoms with van der Waals surface area (Å²) in [6, 6.07) is 4.32.